The number of nitrogen functional groups attached to an aromatic ring is 1. The molecule has 0 saturated carbocycles. The van der Waals surface area contributed by atoms with Crippen LogP contribution in [0.4, 0.5) is 18.3 Å². The molecule has 0 amide bonds. The first-order chi connectivity index (χ1) is 7.40. The van der Waals surface area contributed by atoms with Crippen molar-refractivity contribution in [1.82, 2.24) is 9.88 Å². The zero-order valence-electron chi connectivity index (χ0n) is 8.50. The first-order valence-electron chi connectivity index (χ1n) is 4.51. The van der Waals surface area contributed by atoms with E-state index in [2.05, 4.69) is 11.6 Å². The van der Waals surface area contributed by atoms with E-state index >= 15 is 0 Å². The van der Waals surface area contributed by atoms with Crippen molar-refractivity contribution in [1.29, 1.82) is 0 Å². The lowest BCUT2D eigenvalue weighted by Gasteiger charge is -2.20. The van der Waals surface area contributed by atoms with Gasteiger partial charge in [0.1, 0.15) is 0 Å². The Morgan fingerprint density at radius 2 is 2.25 bits per heavy atom. The molecule has 7 heteroatoms. The van der Waals surface area contributed by atoms with Crippen LogP contribution in [0.15, 0.2) is 18.9 Å². The molecule has 0 fully saturated rings. The summed E-state index contributed by atoms with van der Waals surface area (Å²) in [7, 11) is 0. The van der Waals surface area contributed by atoms with E-state index in [1.165, 1.54) is 28.5 Å². The van der Waals surface area contributed by atoms with Crippen molar-refractivity contribution in [2.24, 2.45) is 0 Å². The third kappa shape index (κ3) is 4.63. The van der Waals surface area contributed by atoms with Crippen molar-refractivity contribution >= 4 is 16.5 Å². The van der Waals surface area contributed by atoms with E-state index < -0.39 is 12.7 Å². The SMILES string of the molecule is C=CCN(Cc1cnc(N)s1)CC(F)(F)F. The maximum Gasteiger partial charge on any atom is 0.401 e. The van der Waals surface area contributed by atoms with Crippen molar-refractivity contribution in [2.75, 3.05) is 18.8 Å². The van der Waals surface area contributed by atoms with Gasteiger partial charge in [0.2, 0.25) is 0 Å². The quantitative estimate of drug-likeness (QED) is 0.816. The molecule has 0 aliphatic heterocycles. The monoisotopic (exact) mass is 251 g/mol. The minimum atomic E-state index is -4.21. The molecular weight excluding hydrogens is 239 g/mol. The normalized spacial score (nSPS) is 12.0. The van der Waals surface area contributed by atoms with Gasteiger partial charge in [-0.1, -0.05) is 6.08 Å². The molecule has 90 valence electrons. The third-order valence-corrected chi connectivity index (χ3v) is 2.55. The van der Waals surface area contributed by atoms with Crippen molar-refractivity contribution in [2.45, 2.75) is 12.7 Å². The molecule has 1 aromatic rings. The summed E-state index contributed by atoms with van der Waals surface area (Å²) in [5.41, 5.74) is 5.40. The van der Waals surface area contributed by atoms with E-state index in [4.69, 9.17) is 5.73 Å². The minimum Gasteiger partial charge on any atom is -0.375 e. The Labute approximate surface area is 95.4 Å². The minimum absolute atomic E-state index is 0.178. The maximum absolute atomic E-state index is 12.2. The number of thiazole rings is 1. The molecule has 0 aromatic carbocycles. The Kier molecular flexibility index (Phi) is 4.31. The second-order valence-electron chi connectivity index (χ2n) is 3.24. The van der Waals surface area contributed by atoms with Crippen LogP contribution in [-0.2, 0) is 6.54 Å². The van der Waals surface area contributed by atoms with Gasteiger partial charge in [-0.15, -0.1) is 17.9 Å². The predicted octanol–water partition coefficient (Wildman–Crippen LogP) is 2.28. The van der Waals surface area contributed by atoms with Crippen LogP contribution in [0, 0.1) is 0 Å². The third-order valence-electron chi connectivity index (χ3n) is 1.74. The van der Waals surface area contributed by atoms with Gasteiger partial charge < -0.3 is 5.73 Å². The summed E-state index contributed by atoms with van der Waals surface area (Å²) < 4.78 is 36.7. The number of nitrogens with zero attached hydrogens (tertiary/aromatic N) is 2. The topological polar surface area (TPSA) is 42.2 Å². The Morgan fingerprint density at radius 1 is 1.56 bits per heavy atom. The van der Waals surface area contributed by atoms with Crippen molar-refractivity contribution in [3.8, 4) is 0 Å². The molecule has 1 rings (SSSR count). The average molecular weight is 251 g/mol. The van der Waals surface area contributed by atoms with E-state index in [-0.39, 0.29) is 13.1 Å². The number of halogens is 3. The zero-order chi connectivity index (χ0) is 12.2. The summed E-state index contributed by atoms with van der Waals surface area (Å²) in [5.74, 6) is 0. The van der Waals surface area contributed by atoms with Crippen LogP contribution in [0.25, 0.3) is 0 Å². The highest BCUT2D eigenvalue weighted by atomic mass is 32.1. The number of aromatic nitrogens is 1. The Balaban J connectivity index is 2.60. The molecule has 0 saturated heterocycles. The summed E-state index contributed by atoms with van der Waals surface area (Å²) in [6.45, 7) is 2.83. The standard InChI is InChI=1S/C9H12F3N3S/c1-2-3-15(6-9(10,11)12)5-7-4-14-8(13)16-7/h2,4H,1,3,5-6H2,(H2,13,14). The number of alkyl halides is 3. The zero-order valence-corrected chi connectivity index (χ0v) is 9.31. The largest absolute Gasteiger partial charge is 0.401 e. The van der Waals surface area contributed by atoms with Crippen molar-refractivity contribution in [3.05, 3.63) is 23.7 Å². The van der Waals surface area contributed by atoms with Crippen LogP contribution >= 0.6 is 11.3 Å². The van der Waals surface area contributed by atoms with Gasteiger partial charge in [0.05, 0.1) is 6.54 Å². The van der Waals surface area contributed by atoms with Crippen LogP contribution in [0.5, 0.6) is 0 Å². The van der Waals surface area contributed by atoms with Crippen LogP contribution in [-0.4, -0.2) is 29.1 Å². The second kappa shape index (κ2) is 5.31. The number of anilines is 1. The van der Waals surface area contributed by atoms with Gasteiger partial charge in [-0.25, -0.2) is 4.98 Å². The van der Waals surface area contributed by atoms with E-state index in [1.807, 2.05) is 0 Å². The molecule has 0 radical (unpaired) electrons. The van der Waals surface area contributed by atoms with E-state index in [9.17, 15) is 13.2 Å². The predicted molar refractivity (Wildman–Crippen MR) is 58.1 cm³/mol. The summed E-state index contributed by atoms with van der Waals surface area (Å²) in [6.07, 6.45) is -1.28. The maximum atomic E-state index is 12.2. The van der Waals surface area contributed by atoms with E-state index in [1.54, 1.807) is 0 Å². The van der Waals surface area contributed by atoms with Crippen molar-refractivity contribution in [3.63, 3.8) is 0 Å². The van der Waals surface area contributed by atoms with Crippen molar-refractivity contribution < 1.29 is 13.2 Å². The summed E-state index contributed by atoms with van der Waals surface area (Å²) in [5, 5.41) is 0.362. The van der Waals surface area contributed by atoms with Gasteiger partial charge in [-0.3, -0.25) is 4.90 Å². The van der Waals surface area contributed by atoms with Crippen LogP contribution < -0.4 is 5.73 Å². The highest BCUT2D eigenvalue weighted by molar-refractivity contribution is 7.15. The second-order valence-corrected chi connectivity index (χ2v) is 4.39. The number of hydrogen-bond donors (Lipinski definition) is 1. The Bertz CT molecular complexity index is 348. The molecule has 16 heavy (non-hydrogen) atoms. The first kappa shape index (κ1) is 13.0. The van der Waals surface area contributed by atoms with E-state index in [0.717, 1.165) is 0 Å². The van der Waals surface area contributed by atoms with Gasteiger partial charge in [0.15, 0.2) is 5.13 Å². The van der Waals surface area contributed by atoms with Crippen LogP contribution in [0.1, 0.15) is 4.88 Å². The fourth-order valence-electron chi connectivity index (χ4n) is 1.24. The Morgan fingerprint density at radius 3 is 2.69 bits per heavy atom. The fourth-order valence-corrected chi connectivity index (χ4v) is 1.96. The summed E-state index contributed by atoms with van der Waals surface area (Å²) in [4.78, 5) is 5.74. The molecule has 0 aliphatic rings. The van der Waals surface area contributed by atoms with Gasteiger partial charge >= 0.3 is 6.18 Å². The van der Waals surface area contributed by atoms with Crippen LogP contribution in [0.3, 0.4) is 0 Å². The molecule has 2 N–H and O–H groups in total. The summed E-state index contributed by atoms with van der Waals surface area (Å²) in [6, 6.07) is 0. The highest BCUT2D eigenvalue weighted by Gasteiger charge is 2.30. The first-order valence-corrected chi connectivity index (χ1v) is 5.32. The van der Waals surface area contributed by atoms with Gasteiger partial charge in [-0.2, -0.15) is 13.2 Å². The fraction of sp³-hybridized carbons (Fsp3) is 0.444. The summed E-state index contributed by atoms with van der Waals surface area (Å²) >= 11 is 1.19. The molecule has 0 spiro atoms. The number of rotatable bonds is 5. The lowest BCUT2D eigenvalue weighted by Crippen LogP contribution is -2.33. The average Bonchev–Trinajstić information content (AvgIpc) is 2.48. The van der Waals surface area contributed by atoms with E-state index in [0.29, 0.717) is 10.0 Å². The van der Waals surface area contributed by atoms with Gasteiger partial charge in [0, 0.05) is 24.2 Å². The highest BCUT2D eigenvalue weighted by Crippen LogP contribution is 2.21. The molecule has 1 aromatic heterocycles. The molecule has 0 aliphatic carbocycles. The Hall–Kier alpha value is -1.08. The van der Waals surface area contributed by atoms with Crippen LogP contribution in [0.2, 0.25) is 0 Å². The molecule has 0 unspecified atom stereocenters. The number of hydrogen-bond acceptors (Lipinski definition) is 4. The molecular formula is C9H12F3N3S. The van der Waals surface area contributed by atoms with Gasteiger partial charge in [-0.05, 0) is 0 Å². The lowest BCUT2D eigenvalue weighted by atomic mass is 10.4. The molecule has 0 atom stereocenters. The molecule has 0 bridgehead atoms. The molecule has 3 nitrogen and oxygen atoms in total. The van der Waals surface area contributed by atoms with Gasteiger partial charge in [0.25, 0.3) is 0 Å². The number of nitrogens with two attached hydrogens (primary N) is 1. The lowest BCUT2D eigenvalue weighted by molar-refractivity contribution is -0.145. The smallest absolute Gasteiger partial charge is 0.375 e. The molecule has 1 heterocycles.